The van der Waals surface area contributed by atoms with Crippen molar-refractivity contribution in [2.45, 2.75) is 56.5 Å². The van der Waals surface area contributed by atoms with Gasteiger partial charge in [0.2, 0.25) is 0 Å². The van der Waals surface area contributed by atoms with Gasteiger partial charge in [-0.1, -0.05) is 18.2 Å². The molecule has 3 heteroatoms. The molecule has 1 aliphatic rings. The van der Waals surface area contributed by atoms with Crippen LogP contribution in [-0.2, 0) is 4.79 Å². The number of hydrogen-bond acceptors (Lipinski definition) is 3. The van der Waals surface area contributed by atoms with E-state index in [2.05, 4.69) is 56.3 Å². The molecular weight excluding hydrogens is 242 g/mol. The number of carbonyl (C=O) groups is 1. The zero-order chi connectivity index (χ0) is 13.4. The van der Waals surface area contributed by atoms with E-state index in [0.717, 1.165) is 0 Å². The lowest BCUT2D eigenvalue weighted by Crippen LogP contribution is -2.57. The van der Waals surface area contributed by atoms with Crippen LogP contribution < -0.4 is 0 Å². The van der Waals surface area contributed by atoms with Crippen molar-refractivity contribution in [1.29, 1.82) is 0 Å². The van der Waals surface area contributed by atoms with Gasteiger partial charge >= 0.3 is 0 Å². The molecule has 1 aliphatic heterocycles. The van der Waals surface area contributed by atoms with Crippen LogP contribution in [0.25, 0.3) is 0 Å². The van der Waals surface area contributed by atoms with E-state index in [1.54, 1.807) is 11.9 Å². The summed E-state index contributed by atoms with van der Waals surface area (Å²) in [7, 11) is 0. The van der Waals surface area contributed by atoms with Crippen molar-refractivity contribution in [2.24, 2.45) is 0 Å². The van der Waals surface area contributed by atoms with Gasteiger partial charge in [0.25, 0.3) is 0 Å². The Bertz CT molecular complexity index is 419. The summed E-state index contributed by atoms with van der Waals surface area (Å²) in [5.41, 5.74) is -0.196. The Balaban J connectivity index is 2.26. The van der Waals surface area contributed by atoms with E-state index < -0.39 is 0 Å². The Hall–Kier alpha value is -0.800. The van der Waals surface area contributed by atoms with Crippen LogP contribution in [0.3, 0.4) is 0 Å². The lowest BCUT2D eigenvalue weighted by molar-refractivity contribution is -0.127. The molecule has 2 rings (SSSR count). The van der Waals surface area contributed by atoms with E-state index in [1.165, 1.54) is 4.90 Å². The molecule has 1 heterocycles. The first-order chi connectivity index (χ1) is 8.31. The zero-order valence-corrected chi connectivity index (χ0v) is 12.4. The van der Waals surface area contributed by atoms with Gasteiger partial charge in [0.1, 0.15) is 5.78 Å². The molecule has 0 unspecified atom stereocenters. The molecule has 1 fully saturated rings. The van der Waals surface area contributed by atoms with Crippen molar-refractivity contribution in [3.63, 3.8) is 0 Å². The van der Waals surface area contributed by atoms with Crippen molar-refractivity contribution in [2.75, 3.05) is 0 Å². The molecule has 0 aromatic heterocycles. The van der Waals surface area contributed by atoms with Crippen LogP contribution in [0.5, 0.6) is 0 Å². The molecule has 0 spiro atoms. The van der Waals surface area contributed by atoms with Crippen LogP contribution >= 0.6 is 11.9 Å². The molecule has 0 atom stereocenters. The molecule has 0 N–H and O–H groups in total. The summed E-state index contributed by atoms with van der Waals surface area (Å²) < 4.78 is 2.39. The minimum absolute atomic E-state index is 0.0979. The molecule has 0 bridgehead atoms. The lowest BCUT2D eigenvalue weighted by atomic mass is 9.82. The molecule has 1 aromatic rings. The fourth-order valence-corrected chi connectivity index (χ4v) is 3.94. The van der Waals surface area contributed by atoms with Crippen molar-refractivity contribution in [1.82, 2.24) is 4.31 Å². The minimum Gasteiger partial charge on any atom is -0.300 e. The molecule has 0 saturated carbocycles. The monoisotopic (exact) mass is 263 g/mol. The Morgan fingerprint density at radius 2 is 1.50 bits per heavy atom. The van der Waals surface area contributed by atoms with Crippen LogP contribution in [0.4, 0.5) is 0 Å². The smallest absolute Gasteiger partial charge is 0.136 e. The molecule has 18 heavy (non-hydrogen) atoms. The summed E-state index contributed by atoms with van der Waals surface area (Å²) in [5, 5.41) is 0. The Morgan fingerprint density at radius 1 is 1.00 bits per heavy atom. The maximum atomic E-state index is 11.9. The van der Waals surface area contributed by atoms with Crippen LogP contribution in [0.1, 0.15) is 40.5 Å². The predicted octanol–water partition coefficient (Wildman–Crippen LogP) is 3.92. The molecule has 1 saturated heterocycles. The van der Waals surface area contributed by atoms with Gasteiger partial charge < -0.3 is 0 Å². The first kappa shape index (κ1) is 13.6. The molecule has 1 aromatic carbocycles. The summed E-state index contributed by atoms with van der Waals surface area (Å²) in [5.74, 6) is 0.370. The fraction of sp³-hybridized carbons (Fsp3) is 0.533. The number of carbonyl (C=O) groups excluding carboxylic acids is 1. The van der Waals surface area contributed by atoms with Crippen LogP contribution in [0, 0.1) is 0 Å². The summed E-state index contributed by atoms with van der Waals surface area (Å²) in [6, 6.07) is 10.4. The highest BCUT2D eigenvalue weighted by molar-refractivity contribution is 7.97. The van der Waals surface area contributed by atoms with Gasteiger partial charge in [0, 0.05) is 28.8 Å². The molecular formula is C15H21NOS. The third kappa shape index (κ3) is 2.78. The summed E-state index contributed by atoms with van der Waals surface area (Å²) >= 11 is 1.76. The van der Waals surface area contributed by atoms with E-state index in [9.17, 15) is 4.79 Å². The van der Waals surface area contributed by atoms with Gasteiger partial charge in [-0.15, -0.1) is 0 Å². The summed E-state index contributed by atoms with van der Waals surface area (Å²) in [6.07, 6.45) is 1.27. The lowest BCUT2D eigenvalue weighted by Gasteiger charge is -2.50. The second kappa shape index (κ2) is 4.71. The van der Waals surface area contributed by atoms with Crippen molar-refractivity contribution in [3.05, 3.63) is 30.3 Å². The highest BCUT2D eigenvalue weighted by atomic mass is 32.2. The number of benzene rings is 1. The zero-order valence-electron chi connectivity index (χ0n) is 11.6. The largest absolute Gasteiger partial charge is 0.300 e. The second-order valence-electron chi connectivity index (χ2n) is 6.22. The van der Waals surface area contributed by atoms with Gasteiger partial charge in [-0.3, -0.25) is 4.79 Å². The third-order valence-electron chi connectivity index (χ3n) is 3.30. The Morgan fingerprint density at radius 3 is 2.00 bits per heavy atom. The molecule has 0 aliphatic carbocycles. The first-order valence-corrected chi connectivity index (χ1v) is 7.14. The number of nitrogens with zero attached hydrogens (tertiary/aromatic N) is 1. The van der Waals surface area contributed by atoms with Gasteiger partial charge in [0.15, 0.2) is 0 Å². The average molecular weight is 263 g/mol. The van der Waals surface area contributed by atoms with Gasteiger partial charge in [0.05, 0.1) is 0 Å². The standard InChI is InChI=1S/C15H21NOS/c1-14(2)10-12(17)11-15(3,4)16(14)18-13-8-6-5-7-9-13/h5-9H,10-11H2,1-4H3. The highest BCUT2D eigenvalue weighted by Crippen LogP contribution is 2.44. The Kier molecular flexibility index (Phi) is 3.56. The number of hydrogen-bond donors (Lipinski definition) is 0. The topological polar surface area (TPSA) is 20.3 Å². The molecule has 0 amide bonds. The number of Topliss-reactive ketones (excluding diaryl/α,β-unsaturated/α-hetero) is 1. The number of piperidine rings is 1. The highest BCUT2D eigenvalue weighted by Gasteiger charge is 2.45. The SMILES string of the molecule is CC1(C)CC(=O)CC(C)(C)N1Sc1ccccc1. The Labute approximate surface area is 114 Å². The van der Waals surface area contributed by atoms with E-state index in [-0.39, 0.29) is 11.1 Å². The van der Waals surface area contributed by atoms with Crippen LogP contribution in [0.15, 0.2) is 35.2 Å². The second-order valence-corrected chi connectivity index (χ2v) is 7.23. The minimum atomic E-state index is -0.0979. The molecule has 98 valence electrons. The van der Waals surface area contributed by atoms with Crippen molar-refractivity contribution < 1.29 is 4.79 Å². The quantitative estimate of drug-likeness (QED) is 0.754. The van der Waals surface area contributed by atoms with Crippen molar-refractivity contribution in [3.8, 4) is 0 Å². The van der Waals surface area contributed by atoms with Crippen LogP contribution in [-0.4, -0.2) is 21.2 Å². The van der Waals surface area contributed by atoms with Gasteiger partial charge in [-0.05, 0) is 51.8 Å². The van der Waals surface area contributed by atoms with E-state index in [4.69, 9.17) is 0 Å². The average Bonchev–Trinajstić information content (AvgIpc) is 2.23. The maximum Gasteiger partial charge on any atom is 0.136 e. The maximum absolute atomic E-state index is 11.9. The van der Waals surface area contributed by atoms with Crippen molar-refractivity contribution >= 4 is 17.7 Å². The number of rotatable bonds is 2. The van der Waals surface area contributed by atoms with E-state index >= 15 is 0 Å². The molecule has 2 nitrogen and oxygen atoms in total. The van der Waals surface area contributed by atoms with Gasteiger partial charge in [-0.2, -0.15) is 0 Å². The predicted molar refractivity (Wildman–Crippen MR) is 76.5 cm³/mol. The van der Waals surface area contributed by atoms with Crippen LogP contribution in [0.2, 0.25) is 0 Å². The summed E-state index contributed by atoms with van der Waals surface area (Å²) in [6.45, 7) is 8.62. The third-order valence-corrected chi connectivity index (χ3v) is 4.95. The summed E-state index contributed by atoms with van der Waals surface area (Å²) in [4.78, 5) is 13.1. The van der Waals surface area contributed by atoms with E-state index in [0.29, 0.717) is 18.6 Å². The molecule has 0 radical (unpaired) electrons. The van der Waals surface area contributed by atoms with Gasteiger partial charge in [-0.25, -0.2) is 4.31 Å². The first-order valence-electron chi connectivity index (χ1n) is 6.36. The normalized spacial score (nSPS) is 23.0. The number of ketones is 1. The van der Waals surface area contributed by atoms with E-state index in [1.807, 2.05) is 6.07 Å². The fourth-order valence-electron chi connectivity index (χ4n) is 2.82.